The number of halogens is 1. The van der Waals surface area contributed by atoms with Crippen LogP contribution in [0.25, 0.3) is 22.3 Å². The fraction of sp³-hybridized carbons (Fsp3) is 0.440. The first kappa shape index (κ1) is 59.1. The number of nitro benzene ring substituents is 2. The number of hydrogen-bond donors (Lipinski definition) is 8. The molecule has 0 spiro atoms. The van der Waals surface area contributed by atoms with E-state index in [9.17, 15) is 55.4 Å². The second-order valence-electron chi connectivity index (χ2n) is 18.9. The Kier molecular flexibility index (Phi) is 19.4. The standard InChI is InChI=1S/C25H27N7O8.C15H16N2O4.C10H12IN5O4/c26-22-19-23(31(13-27-19)24-21(35)20(34)17(12-33)40-24)29-18(28-22)3-1-2-14-8-10-30(11-9-14)25(36)39-16-6-4-15(5-7-16)32(37)38;1-2-3-12-8-10-16(11-9-12)15(18)21-14-6-4-13(5-7-14)17(19)20;11-10-14-7(12)4-8(15-10)16(2-13-4)9-6(19)5(18)3(1-17)20-9/h4-7,13-14,17,20-21,24,33-35H,2,8-12H2,(H2,26,28,29);1,4-7,12H,3,8-11H2;2-3,5-6,9,17-19H,1H2,(H2,12,14,15)/t17-,20?,21+,24-;;3-,5?,6+,9-/m1.1/s1. The molecule has 30 nitrogen and oxygen atoms in total. The van der Waals surface area contributed by atoms with Crippen LogP contribution < -0.4 is 20.9 Å². The predicted molar refractivity (Wildman–Crippen MR) is 290 cm³/mol. The average Bonchev–Trinajstić information content (AvgIpc) is 4.28. The molecule has 10 rings (SSSR count). The van der Waals surface area contributed by atoms with Gasteiger partial charge in [-0.3, -0.25) is 29.4 Å². The van der Waals surface area contributed by atoms with Gasteiger partial charge >= 0.3 is 12.2 Å². The Morgan fingerprint density at radius 2 is 1.09 bits per heavy atom. The molecule has 8 heterocycles. The summed E-state index contributed by atoms with van der Waals surface area (Å²) in [5.74, 6) is 10.4. The number of aliphatic hydroxyl groups is 6. The second kappa shape index (κ2) is 26.5. The molecule has 4 aliphatic rings. The maximum atomic E-state index is 12.5. The van der Waals surface area contributed by atoms with E-state index in [0.717, 1.165) is 19.3 Å². The van der Waals surface area contributed by atoms with Gasteiger partial charge in [-0.2, -0.15) is 0 Å². The number of likely N-dealkylation sites (tertiary alicyclic amines) is 2. The van der Waals surface area contributed by atoms with Crippen LogP contribution in [0.4, 0.5) is 32.6 Å². The quantitative estimate of drug-likeness (QED) is 0.0320. The Labute approximate surface area is 473 Å². The number of nitrogen functional groups attached to an aromatic ring is 2. The number of aliphatic hydroxyl groups excluding tert-OH is 6. The maximum absolute atomic E-state index is 12.5. The van der Waals surface area contributed by atoms with E-state index in [1.807, 2.05) is 22.6 Å². The van der Waals surface area contributed by atoms with E-state index in [-0.39, 0.29) is 51.7 Å². The van der Waals surface area contributed by atoms with E-state index in [0.29, 0.717) is 72.1 Å². The van der Waals surface area contributed by atoms with Crippen LogP contribution >= 0.6 is 22.6 Å². The summed E-state index contributed by atoms with van der Waals surface area (Å²) in [5.41, 5.74) is 13.0. The van der Waals surface area contributed by atoms with Crippen LogP contribution in [-0.4, -0.2) is 178 Å². The number of carbonyl (C=O) groups is 2. The number of carbonyl (C=O) groups excluding carboxylic acids is 2. The van der Waals surface area contributed by atoms with Crippen LogP contribution in [-0.2, 0) is 9.47 Å². The largest absolute Gasteiger partial charge is 0.415 e. The van der Waals surface area contributed by atoms with Crippen molar-refractivity contribution in [1.82, 2.24) is 48.8 Å². The van der Waals surface area contributed by atoms with Gasteiger partial charge in [0.2, 0.25) is 5.82 Å². The van der Waals surface area contributed by atoms with E-state index in [2.05, 4.69) is 47.7 Å². The Morgan fingerprint density at radius 1 is 0.667 bits per heavy atom. The number of non-ortho nitro benzene ring substituents is 2. The highest BCUT2D eigenvalue weighted by atomic mass is 127. The number of nitrogens with zero attached hydrogens (tertiary/aromatic N) is 12. The molecule has 4 aromatic heterocycles. The fourth-order valence-electron chi connectivity index (χ4n) is 9.18. The van der Waals surface area contributed by atoms with Gasteiger partial charge in [0.1, 0.15) is 59.2 Å². The first-order valence-electron chi connectivity index (χ1n) is 25.1. The predicted octanol–water partition coefficient (Wildman–Crippen LogP) is 2.03. The molecule has 4 saturated heterocycles. The molecule has 6 aromatic rings. The first-order chi connectivity index (χ1) is 38.9. The number of imidazole rings is 2. The highest BCUT2D eigenvalue weighted by Crippen LogP contribution is 2.34. The smallest absolute Gasteiger partial charge is 0.410 e. The van der Waals surface area contributed by atoms with Crippen molar-refractivity contribution in [3.8, 4) is 35.7 Å². The number of ether oxygens (including phenoxy) is 4. The summed E-state index contributed by atoms with van der Waals surface area (Å²) in [6.07, 6.45) is 2.90. The number of terminal acetylenes is 1. The number of fused-ring (bicyclic) bond motifs is 2. The van der Waals surface area contributed by atoms with E-state index in [1.165, 1.54) is 70.3 Å². The van der Waals surface area contributed by atoms with Gasteiger partial charge in [0.05, 0.1) is 35.7 Å². The van der Waals surface area contributed by atoms with Crippen LogP contribution in [0.2, 0.25) is 0 Å². The van der Waals surface area contributed by atoms with Crippen molar-refractivity contribution < 1.29 is 69.0 Å². The highest BCUT2D eigenvalue weighted by molar-refractivity contribution is 14.1. The summed E-state index contributed by atoms with van der Waals surface area (Å²) in [4.78, 5) is 73.0. The van der Waals surface area contributed by atoms with Crippen molar-refractivity contribution in [3.05, 3.63) is 91.1 Å². The minimum atomic E-state index is -1.31. The Morgan fingerprint density at radius 3 is 1.49 bits per heavy atom. The third kappa shape index (κ3) is 14.0. The topological polar surface area (TPSA) is 424 Å². The van der Waals surface area contributed by atoms with Gasteiger partial charge in [-0.05, 0) is 67.7 Å². The van der Waals surface area contributed by atoms with Gasteiger partial charge in [0.15, 0.2) is 39.2 Å². The molecule has 8 atom stereocenters. The molecule has 10 N–H and O–H groups in total. The zero-order chi connectivity index (χ0) is 58.1. The summed E-state index contributed by atoms with van der Waals surface area (Å²) in [6, 6.07) is 10.8. The van der Waals surface area contributed by atoms with Gasteiger partial charge in [-0.25, -0.2) is 39.5 Å². The van der Waals surface area contributed by atoms with E-state index in [1.54, 1.807) is 9.80 Å². The van der Waals surface area contributed by atoms with Crippen LogP contribution in [0.1, 0.15) is 56.8 Å². The number of piperidine rings is 2. The number of hydrogen-bond acceptors (Lipinski definition) is 24. The van der Waals surface area contributed by atoms with Gasteiger partial charge in [-0.15, -0.1) is 12.3 Å². The molecule has 2 aromatic carbocycles. The van der Waals surface area contributed by atoms with Crippen LogP contribution in [0.15, 0.2) is 61.2 Å². The van der Waals surface area contributed by atoms with Crippen molar-refractivity contribution in [2.24, 2.45) is 11.8 Å². The molecule has 81 heavy (non-hydrogen) atoms. The third-order valence-electron chi connectivity index (χ3n) is 13.7. The molecule has 31 heteroatoms. The molecule has 0 aliphatic carbocycles. The molecule has 0 radical (unpaired) electrons. The van der Waals surface area contributed by atoms with Gasteiger partial charge in [-0.1, -0.05) is 5.92 Å². The molecule has 4 fully saturated rings. The minimum absolute atomic E-state index is 0.0371. The Bertz CT molecular complexity index is 3320. The summed E-state index contributed by atoms with van der Waals surface area (Å²) in [6.45, 7) is 1.36. The lowest BCUT2D eigenvalue weighted by Gasteiger charge is -2.30. The number of anilines is 2. The third-order valence-corrected chi connectivity index (χ3v) is 14.2. The van der Waals surface area contributed by atoms with Crippen molar-refractivity contribution in [2.75, 3.05) is 50.9 Å². The molecule has 2 unspecified atom stereocenters. The van der Waals surface area contributed by atoms with Crippen LogP contribution in [0.3, 0.4) is 0 Å². The monoisotopic (exact) mass is 1230 g/mol. The molecule has 2 amide bonds. The molecule has 0 saturated carbocycles. The maximum Gasteiger partial charge on any atom is 0.415 e. The van der Waals surface area contributed by atoms with E-state index < -0.39 is 84.3 Å². The van der Waals surface area contributed by atoms with E-state index in [4.69, 9.17) is 41.9 Å². The van der Waals surface area contributed by atoms with Gasteiger partial charge < -0.3 is 70.9 Å². The zero-order valence-corrected chi connectivity index (χ0v) is 44.9. The van der Waals surface area contributed by atoms with Crippen molar-refractivity contribution in [2.45, 2.75) is 87.6 Å². The average molecular weight is 1230 g/mol. The van der Waals surface area contributed by atoms with Gasteiger partial charge in [0, 0.05) is 85.9 Å². The number of aromatic nitrogens is 8. The summed E-state index contributed by atoms with van der Waals surface area (Å²) < 4.78 is 24.9. The number of benzene rings is 2. The summed E-state index contributed by atoms with van der Waals surface area (Å²) in [7, 11) is 0. The number of nitro groups is 2. The summed E-state index contributed by atoms with van der Waals surface area (Å²) in [5, 5.41) is 80.0. The number of amides is 2. The lowest BCUT2D eigenvalue weighted by atomic mass is 9.94. The molecular weight excluding hydrogens is 1180 g/mol. The second-order valence-corrected chi connectivity index (χ2v) is 19.9. The van der Waals surface area contributed by atoms with Crippen molar-refractivity contribution in [3.63, 3.8) is 0 Å². The van der Waals surface area contributed by atoms with Gasteiger partial charge in [0.25, 0.3) is 11.4 Å². The highest BCUT2D eigenvalue weighted by Gasteiger charge is 2.45. The molecule has 0 bridgehead atoms. The number of rotatable bonds is 10. The molecule has 4 aliphatic heterocycles. The van der Waals surface area contributed by atoms with Crippen molar-refractivity contribution in [1.29, 1.82) is 0 Å². The van der Waals surface area contributed by atoms with Crippen LogP contribution in [0, 0.1) is 60.1 Å². The Balaban J connectivity index is 0.000000176. The minimum Gasteiger partial charge on any atom is -0.410 e. The summed E-state index contributed by atoms with van der Waals surface area (Å²) >= 11 is 1.92. The SMILES string of the molecule is C#CCC1CCN(C(=O)Oc2ccc([N+](=O)[O-])cc2)CC1.Nc1nc(C#CCC2CCN(C(=O)Oc3ccc([N+](=O)[O-])cc3)CC2)nc2c1ncn2[C@@H]1O[C@H](CO)C(O)[C@@H]1O.Nc1nc(I)nc2c1ncn2[C@@H]1O[C@H](CO)C(O)[C@@H]1O. The van der Waals surface area contributed by atoms with Crippen LogP contribution in [0.5, 0.6) is 11.5 Å². The zero-order valence-electron chi connectivity index (χ0n) is 42.8. The normalized spacial score (nSPS) is 22.8. The Hall–Kier alpha value is -7.99. The number of nitrogens with two attached hydrogens (primary N) is 2. The lowest BCUT2D eigenvalue weighted by Crippen LogP contribution is -2.40. The fourth-order valence-corrected chi connectivity index (χ4v) is 9.67. The first-order valence-corrected chi connectivity index (χ1v) is 26.2. The van der Waals surface area contributed by atoms with E-state index >= 15 is 0 Å². The molecular formula is C50H55IN14O16. The lowest BCUT2D eigenvalue weighted by molar-refractivity contribution is -0.385. The van der Waals surface area contributed by atoms with Crippen molar-refractivity contribution >= 4 is 80.1 Å². The molecule has 428 valence electrons.